The van der Waals surface area contributed by atoms with E-state index < -0.39 is 23.9 Å². The molecule has 0 unspecified atom stereocenters. The number of anilines is 1. The predicted octanol–water partition coefficient (Wildman–Crippen LogP) is -5.26. The highest BCUT2D eigenvalue weighted by Gasteiger charge is 2.13. The lowest BCUT2D eigenvalue weighted by Gasteiger charge is -2.13. The van der Waals surface area contributed by atoms with E-state index in [1.807, 2.05) is 58.5 Å². The molecule has 0 aliphatic carbocycles. The van der Waals surface area contributed by atoms with E-state index in [0.29, 0.717) is 6.54 Å². The van der Waals surface area contributed by atoms with Crippen molar-refractivity contribution in [1.82, 2.24) is 4.98 Å². The standard InChI is InChI=1S/C15H20N4O.2C2H2O4/c1-18(2)10-15(20)17-13-9-14(19(3)4)16-12-8-6-5-7-11(12)13;2*3-1(4)2(5)6/h5-9H,10H2,1-4H3,(H,16,17,20);2*(H,3,4)(H,5,6). The third-order valence-electron chi connectivity index (χ3n) is 3.37. The van der Waals surface area contributed by atoms with E-state index in [9.17, 15) is 4.79 Å². The molecule has 5 N–H and O–H groups in total. The fourth-order valence-corrected chi connectivity index (χ4v) is 2.05. The van der Waals surface area contributed by atoms with Crippen LogP contribution in [0, 0.1) is 0 Å². The van der Waals surface area contributed by atoms with Crippen molar-refractivity contribution in [2.24, 2.45) is 0 Å². The normalized spacial score (nSPS) is 9.81. The van der Waals surface area contributed by atoms with E-state index in [2.05, 4.69) is 10.3 Å². The summed E-state index contributed by atoms with van der Waals surface area (Å²) in [4.78, 5) is 54.9. The van der Waals surface area contributed by atoms with Crippen LogP contribution in [-0.4, -0.2) is 79.7 Å². The van der Waals surface area contributed by atoms with Gasteiger partial charge in [-0.1, -0.05) is 18.2 Å². The van der Waals surface area contributed by atoms with Gasteiger partial charge in [0.05, 0.1) is 39.4 Å². The van der Waals surface area contributed by atoms with Crippen LogP contribution in [0.15, 0.2) is 30.3 Å². The molecule has 0 atom stereocenters. The van der Waals surface area contributed by atoms with Gasteiger partial charge < -0.3 is 40.2 Å². The monoisotopic (exact) mass is 452 g/mol. The SMILES string of the molecule is C[NH+](C)CC(=O)Nc1cc([NH+](C)C)nc2ccccc12.O=C([O-])C(=O)O.O=C([O-])C(=O)O. The number of aromatic nitrogens is 1. The van der Waals surface area contributed by atoms with Crippen molar-refractivity contribution in [1.29, 1.82) is 0 Å². The zero-order chi connectivity index (χ0) is 25.0. The Kier molecular flexibility index (Phi) is 11.6. The minimum Gasteiger partial charge on any atom is -0.539 e. The van der Waals surface area contributed by atoms with Gasteiger partial charge in [0.25, 0.3) is 5.91 Å². The maximum absolute atomic E-state index is 12.0. The Hall–Kier alpha value is -4.10. The Bertz CT molecular complexity index is 942. The lowest BCUT2D eigenvalue weighted by Crippen LogP contribution is -3.06. The van der Waals surface area contributed by atoms with Crippen molar-refractivity contribution in [2.45, 2.75) is 0 Å². The second-order valence-electron chi connectivity index (χ2n) is 6.69. The first-order valence-electron chi connectivity index (χ1n) is 8.94. The van der Waals surface area contributed by atoms with Gasteiger partial charge >= 0.3 is 11.9 Å². The first-order valence-corrected chi connectivity index (χ1v) is 8.94. The van der Waals surface area contributed by atoms with Gasteiger partial charge in [-0.3, -0.25) is 9.69 Å². The summed E-state index contributed by atoms with van der Waals surface area (Å²) >= 11 is 0. The molecule has 1 amide bonds. The summed E-state index contributed by atoms with van der Waals surface area (Å²) in [5.41, 5.74) is 1.73. The van der Waals surface area contributed by atoms with Gasteiger partial charge in [-0.2, -0.15) is 4.98 Å². The van der Waals surface area contributed by atoms with Crippen molar-refractivity contribution in [2.75, 3.05) is 40.1 Å². The molecule has 0 fully saturated rings. The van der Waals surface area contributed by atoms with Crippen molar-refractivity contribution >= 4 is 52.2 Å². The number of carbonyl (C=O) groups excluding carboxylic acids is 3. The number of aliphatic carboxylic acids is 4. The molecule has 2 rings (SSSR count). The number of hydrogen-bond acceptors (Lipinski definition) is 8. The van der Waals surface area contributed by atoms with Crippen molar-refractivity contribution in [3.05, 3.63) is 30.3 Å². The number of carboxylic acids is 4. The van der Waals surface area contributed by atoms with Crippen LogP contribution in [0.3, 0.4) is 0 Å². The molecule has 1 aromatic heterocycles. The number of hydrogen-bond donors (Lipinski definition) is 5. The predicted molar refractivity (Wildman–Crippen MR) is 106 cm³/mol. The fourth-order valence-electron chi connectivity index (χ4n) is 2.05. The topological polar surface area (TPSA) is 206 Å². The average molecular weight is 452 g/mol. The molecule has 0 aliphatic rings. The first kappa shape index (κ1) is 27.9. The van der Waals surface area contributed by atoms with Crippen molar-refractivity contribution in [3.63, 3.8) is 0 Å². The maximum atomic E-state index is 12.0. The minimum atomic E-state index is -2.07. The molecule has 32 heavy (non-hydrogen) atoms. The highest BCUT2D eigenvalue weighted by Crippen LogP contribution is 2.23. The number of amides is 1. The van der Waals surface area contributed by atoms with Crippen LogP contribution < -0.4 is 25.3 Å². The number of rotatable bonds is 4. The molecule has 0 bridgehead atoms. The molecule has 13 nitrogen and oxygen atoms in total. The van der Waals surface area contributed by atoms with Gasteiger partial charge in [0.2, 0.25) is 5.82 Å². The molecule has 0 radical (unpaired) electrons. The molecule has 0 aliphatic heterocycles. The van der Waals surface area contributed by atoms with E-state index in [4.69, 9.17) is 39.6 Å². The van der Waals surface area contributed by atoms with Gasteiger partial charge in [0, 0.05) is 11.5 Å². The van der Waals surface area contributed by atoms with Gasteiger partial charge in [-0.15, -0.1) is 0 Å². The number of nitrogens with one attached hydrogen (secondary N) is 3. The zero-order valence-corrected chi connectivity index (χ0v) is 17.8. The van der Waals surface area contributed by atoms with Crippen LogP contribution >= 0.6 is 0 Å². The number of nitrogens with zero attached hydrogens (tertiary/aromatic N) is 1. The smallest absolute Gasteiger partial charge is 0.351 e. The Morgan fingerprint density at radius 3 is 1.81 bits per heavy atom. The van der Waals surface area contributed by atoms with E-state index >= 15 is 0 Å². The molecule has 0 saturated heterocycles. The van der Waals surface area contributed by atoms with Crippen molar-refractivity contribution in [3.8, 4) is 0 Å². The van der Waals surface area contributed by atoms with Gasteiger partial charge in [-0.05, 0) is 6.07 Å². The summed E-state index contributed by atoms with van der Waals surface area (Å²) in [7, 11) is 7.96. The van der Waals surface area contributed by atoms with Crippen LogP contribution in [0.4, 0.5) is 11.5 Å². The number of carbonyl (C=O) groups is 5. The highest BCUT2D eigenvalue weighted by atomic mass is 16.4. The lowest BCUT2D eigenvalue weighted by atomic mass is 10.2. The average Bonchev–Trinajstić information content (AvgIpc) is 2.67. The molecule has 1 aromatic carbocycles. The first-order chi connectivity index (χ1) is 14.8. The highest BCUT2D eigenvalue weighted by molar-refractivity contribution is 6.26. The number of pyridine rings is 1. The van der Waals surface area contributed by atoms with Gasteiger partial charge in [-0.25, -0.2) is 9.59 Å². The van der Waals surface area contributed by atoms with E-state index in [1.165, 1.54) is 0 Å². The summed E-state index contributed by atoms with van der Waals surface area (Å²) in [6.07, 6.45) is 0. The van der Waals surface area contributed by atoms with E-state index in [0.717, 1.165) is 32.2 Å². The Labute approximate surface area is 182 Å². The second-order valence-corrected chi connectivity index (χ2v) is 6.69. The number of benzene rings is 1. The third-order valence-corrected chi connectivity index (χ3v) is 3.37. The van der Waals surface area contributed by atoms with Crippen LogP contribution in [0.1, 0.15) is 0 Å². The minimum absolute atomic E-state index is 0.0149. The summed E-state index contributed by atoms with van der Waals surface area (Å²) in [6, 6.07) is 9.81. The van der Waals surface area contributed by atoms with Crippen LogP contribution in [-0.2, 0) is 24.0 Å². The fraction of sp³-hybridized carbons (Fsp3) is 0.263. The summed E-state index contributed by atoms with van der Waals surface area (Å²) < 4.78 is 0. The Morgan fingerprint density at radius 2 is 1.41 bits per heavy atom. The third kappa shape index (κ3) is 10.6. The molecule has 0 saturated carbocycles. The van der Waals surface area contributed by atoms with Crippen LogP contribution in [0.5, 0.6) is 0 Å². The van der Waals surface area contributed by atoms with Crippen LogP contribution in [0.25, 0.3) is 10.9 Å². The van der Waals surface area contributed by atoms with Crippen LogP contribution in [0.2, 0.25) is 0 Å². The quantitative estimate of drug-likeness (QED) is 0.279. The zero-order valence-electron chi connectivity index (χ0n) is 17.8. The number of fused-ring (bicyclic) bond motifs is 1. The van der Waals surface area contributed by atoms with Gasteiger partial charge in [0.1, 0.15) is 0 Å². The number of quaternary nitrogens is 2. The maximum Gasteiger partial charge on any atom is 0.351 e. The number of carboxylic acid groups (broad SMARTS) is 4. The molecule has 1 heterocycles. The van der Waals surface area contributed by atoms with Gasteiger partial charge in [0.15, 0.2) is 18.5 Å². The Balaban J connectivity index is 0.000000662. The molecular weight excluding hydrogens is 428 g/mol. The number of likely N-dealkylation sites (N-methyl/N-ethyl adjacent to an activating group) is 1. The molecule has 2 aromatic rings. The molecule has 0 spiro atoms. The number of para-hydroxylation sites is 1. The summed E-state index contributed by atoms with van der Waals surface area (Å²) in [5, 5.41) is 36.6. The molecule has 13 heteroatoms. The van der Waals surface area contributed by atoms with Crippen molar-refractivity contribution < 1.29 is 54.2 Å². The largest absolute Gasteiger partial charge is 0.539 e. The van der Waals surface area contributed by atoms with E-state index in [1.54, 1.807) is 0 Å². The van der Waals surface area contributed by atoms with E-state index in [-0.39, 0.29) is 5.91 Å². The molecule has 174 valence electrons. The Morgan fingerprint density at radius 1 is 0.938 bits per heavy atom. The molecular formula is C19H24N4O9. The summed E-state index contributed by atoms with van der Waals surface area (Å²) in [6.45, 7) is 0.445. The lowest BCUT2D eigenvalue weighted by molar-refractivity contribution is -0.849. The summed E-state index contributed by atoms with van der Waals surface area (Å²) in [5.74, 6) is -7.09. The second kappa shape index (κ2) is 13.3.